The van der Waals surface area contributed by atoms with Gasteiger partial charge in [0.15, 0.2) is 5.78 Å². The second-order valence-electron chi connectivity index (χ2n) is 5.02. The Hall–Kier alpha value is -2.41. The van der Waals surface area contributed by atoms with E-state index in [-0.39, 0.29) is 11.5 Å². The summed E-state index contributed by atoms with van der Waals surface area (Å²) in [4.78, 5) is 12.1. The summed E-state index contributed by atoms with van der Waals surface area (Å²) in [5.41, 5.74) is 2.40. The van der Waals surface area contributed by atoms with Crippen molar-refractivity contribution < 1.29 is 17.7 Å². The van der Waals surface area contributed by atoms with Crippen LogP contribution in [0.3, 0.4) is 0 Å². The summed E-state index contributed by atoms with van der Waals surface area (Å²) in [7, 11) is -3.32. The maximum absolute atomic E-state index is 12.1. The van der Waals surface area contributed by atoms with Gasteiger partial charge in [-0.3, -0.25) is 9.52 Å². The van der Waals surface area contributed by atoms with Gasteiger partial charge in [-0.15, -0.1) is 0 Å². The van der Waals surface area contributed by atoms with Crippen LogP contribution in [0.15, 0.2) is 34.9 Å². The van der Waals surface area contributed by atoms with Crippen molar-refractivity contribution in [1.82, 2.24) is 5.16 Å². The lowest BCUT2D eigenvalue weighted by atomic mass is 10.1. The Morgan fingerprint density at radius 3 is 2.43 bits per heavy atom. The Balaban J connectivity index is 2.12. The molecule has 0 unspecified atom stereocenters. The highest BCUT2D eigenvalue weighted by Crippen LogP contribution is 2.16. The average molecular weight is 334 g/mol. The second kappa shape index (κ2) is 6.78. The summed E-state index contributed by atoms with van der Waals surface area (Å²) in [5, 5.41) is 3.82. The summed E-state index contributed by atoms with van der Waals surface area (Å²) in [6, 6.07) is 6.27. The molecule has 2 rings (SSSR count). The topological polar surface area (TPSA) is 89.3 Å². The van der Waals surface area contributed by atoms with Crippen LogP contribution in [0.25, 0.3) is 6.08 Å². The number of aromatic nitrogens is 1. The van der Waals surface area contributed by atoms with E-state index in [0.29, 0.717) is 17.0 Å². The lowest BCUT2D eigenvalue weighted by molar-refractivity contribution is 0.104. The number of sulfonamides is 1. The molecule has 0 aliphatic carbocycles. The van der Waals surface area contributed by atoms with E-state index in [4.69, 9.17) is 4.52 Å². The van der Waals surface area contributed by atoms with Gasteiger partial charge >= 0.3 is 0 Å². The van der Waals surface area contributed by atoms with E-state index in [1.54, 1.807) is 51.1 Å². The molecule has 7 heteroatoms. The van der Waals surface area contributed by atoms with E-state index in [9.17, 15) is 13.2 Å². The fraction of sp³-hybridized carbons (Fsp3) is 0.250. The van der Waals surface area contributed by atoms with Gasteiger partial charge in [-0.25, -0.2) is 8.42 Å². The van der Waals surface area contributed by atoms with Crippen LogP contribution < -0.4 is 4.72 Å². The van der Waals surface area contributed by atoms with Crippen molar-refractivity contribution in [3.05, 3.63) is 52.9 Å². The Morgan fingerprint density at radius 1 is 1.26 bits per heavy atom. The maximum atomic E-state index is 12.1. The standard InChI is InChI=1S/C16H18N2O4S/c1-4-23(20,21)18-14-7-5-13(6-8-14)16(19)10-9-15-11(2)17-22-12(15)3/h5-10,18H,4H2,1-3H3. The minimum Gasteiger partial charge on any atom is -0.361 e. The minimum absolute atomic E-state index is 0.00609. The number of carbonyl (C=O) groups is 1. The number of benzene rings is 1. The van der Waals surface area contributed by atoms with Crippen molar-refractivity contribution in [2.45, 2.75) is 20.8 Å². The quantitative estimate of drug-likeness (QED) is 0.648. The Morgan fingerprint density at radius 2 is 1.91 bits per heavy atom. The first-order chi connectivity index (χ1) is 10.8. The summed E-state index contributed by atoms with van der Waals surface area (Å²) < 4.78 is 30.4. The molecule has 0 bridgehead atoms. The number of hydrogen-bond acceptors (Lipinski definition) is 5. The molecule has 122 valence electrons. The van der Waals surface area contributed by atoms with E-state index >= 15 is 0 Å². The normalized spacial score (nSPS) is 11.8. The predicted molar refractivity (Wildman–Crippen MR) is 88.9 cm³/mol. The molecule has 0 saturated heterocycles. The van der Waals surface area contributed by atoms with Gasteiger partial charge in [-0.1, -0.05) is 5.16 Å². The van der Waals surface area contributed by atoms with Crippen LogP contribution in [0.2, 0.25) is 0 Å². The van der Waals surface area contributed by atoms with Crippen LogP contribution in [0.1, 0.15) is 34.3 Å². The third kappa shape index (κ3) is 4.29. The van der Waals surface area contributed by atoms with E-state index in [0.717, 1.165) is 11.3 Å². The van der Waals surface area contributed by atoms with Crippen LogP contribution in [0.4, 0.5) is 5.69 Å². The lowest BCUT2D eigenvalue weighted by Gasteiger charge is -2.06. The zero-order chi connectivity index (χ0) is 17.0. The van der Waals surface area contributed by atoms with E-state index in [2.05, 4.69) is 9.88 Å². The predicted octanol–water partition coefficient (Wildman–Crippen LogP) is 2.95. The van der Waals surface area contributed by atoms with Crippen molar-refractivity contribution in [2.24, 2.45) is 0 Å². The van der Waals surface area contributed by atoms with Gasteiger partial charge < -0.3 is 4.52 Å². The molecule has 0 spiro atoms. The zero-order valence-electron chi connectivity index (χ0n) is 13.2. The lowest BCUT2D eigenvalue weighted by Crippen LogP contribution is -2.14. The molecule has 0 aliphatic rings. The van der Waals surface area contributed by atoms with Gasteiger partial charge in [0.25, 0.3) is 0 Å². The molecule has 0 atom stereocenters. The maximum Gasteiger partial charge on any atom is 0.232 e. The number of hydrogen-bond donors (Lipinski definition) is 1. The van der Waals surface area contributed by atoms with E-state index < -0.39 is 10.0 Å². The van der Waals surface area contributed by atoms with Gasteiger partial charge in [0.2, 0.25) is 10.0 Å². The molecule has 1 N–H and O–H groups in total. The van der Waals surface area contributed by atoms with E-state index in [1.165, 1.54) is 6.08 Å². The molecule has 0 saturated carbocycles. The number of allylic oxidation sites excluding steroid dienone is 1. The molecule has 0 fully saturated rings. The number of ketones is 1. The van der Waals surface area contributed by atoms with Crippen molar-refractivity contribution in [3.8, 4) is 0 Å². The molecule has 0 radical (unpaired) electrons. The molecule has 1 heterocycles. The van der Waals surface area contributed by atoms with Crippen LogP contribution in [0.5, 0.6) is 0 Å². The minimum atomic E-state index is -3.32. The highest BCUT2D eigenvalue weighted by atomic mass is 32.2. The second-order valence-corrected chi connectivity index (χ2v) is 7.03. The fourth-order valence-corrected chi connectivity index (χ4v) is 2.58. The number of nitrogens with one attached hydrogen (secondary N) is 1. The summed E-state index contributed by atoms with van der Waals surface area (Å²) in [6.45, 7) is 5.13. The molecule has 0 amide bonds. The van der Waals surface area contributed by atoms with Crippen molar-refractivity contribution in [2.75, 3.05) is 10.5 Å². The first-order valence-corrected chi connectivity index (χ1v) is 8.73. The van der Waals surface area contributed by atoms with Gasteiger partial charge in [0.05, 0.1) is 11.4 Å². The number of nitrogens with zero attached hydrogens (tertiary/aromatic N) is 1. The molecule has 23 heavy (non-hydrogen) atoms. The fourth-order valence-electron chi connectivity index (χ4n) is 1.94. The summed E-state index contributed by atoms with van der Waals surface area (Å²) in [6.07, 6.45) is 3.11. The monoisotopic (exact) mass is 334 g/mol. The Bertz CT molecular complexity index is 814. The molecule has 1 aromatic carbocycles. The third-order valence-electron chi connectivity index (χ3n) is 3.31. The Kier molecular flexibility index (Phi) is 5.00. The van der Waals surface area contributed by atoms with E-state index in [1.807, 2.05) is 0 Å². The van der Waals surface area contributed by atoms with Crippen LogP contribution in [0, 0.1) is 13.8 Å². The number of carbonyl (C=O) groups excluding carboxylic acids is 1. The van der Waals surface area contributed by atoms with Crippen LogP contribution in [-0.4, -0.2) is 25.1 Å². The zero-order valence-corrected chi connectivity index (χ0v) is 14.0. The summed E-state index contributed by atoms with van der Waals surface area (Å²) in [5.74, 6) is 0.458. The molecular weight excluding hydrogens is 316 g/mol. The first-order valence-electron chi connectivity index (χ1n) is 7.08. The Labute approximate surface area is 135 Å². The first kappa shape index (κ1) is 17.0. The van der Waals surface area contributed by atoms with Gasteiger partial charge in [-0.05, 0) is 57.2 Å². The van der Waals surface area contributed by atoms with Crippen molar-refractivity contribution >= 4 is 27.6 Å². The third-order valence-corrected chi connectivity index (χ3v) is 4.62. The summed E-state index contributed by atoms with van der Waals surface area (Å²) >= 11 is 0. The molecular formula is C16H18N2O4S. The molecule has 2 aromatic rings. The number of rotatable bonds is 6. The van der Waals surface area contributed by atoms with Crippen LogP contribution >= 0.6 is 0 Å². The number of anilines is 1. The highest BCUT2D eigenvalue weighted by Gasteiger charge is 2.09. The number of aryl methyl sites for hydroxylation is 2. The van der Waals surface area contributed by atoms with Gasteiger partial charge in [0, 0.05) is 16.8 Å². The average Bonchev–Trinajstić information content (AvgIpc) is 2.84. The van der Waals surface area contributed by atoms with Crippen LogP contribution in [-0.2, 0) is 10.0 Å². The molecule has 0 aliphatic heterocycles. The van der Waals surface area contributed by atoms with Gasteiger partial charge in [0.1, 0.15) is 5.76 Å². The largest absolute Gasteiger partial charge is 0.361 e. The SMILES string of the molecule is CCS(=O)(=O)Nc1ccc(C(=O)C=Cc2c(C)noc2C)cc1. The highest BCUT2D eigenvalue weighted by molar-refractivity contribution is 7.92. The smallest absolute Gasteiger partial charge is 0.232 e. The molecule has 6 nitrogen and oxygen atoms in total. The van der Waals surface area contributed by atoms with Gasteiger partial charge in [-0.2, -0.15) is 0 Å². The molecule has 1 aromatic heterocycles. The van der Waals surface area contributed by atoms with Crippen molar-refractivity contribution in [1.29, 1.82) is 0 Å². The van der Waals surface area contributed by atoms with Crippen molar-refractivity contribution in [3.63, 3.8) is 0 Å².